The van der Waals surface area contributed by atoms with Crippen molar-refractivity contribution >= 4 is 28.3 Å². The molecule has 152 valence electrons. The van der Waals surface area contributed by atoms with Crippen molar-refractivity contribution < 1.29 is 22.4 Å². The third kappa shape index (κ3) is 4.09. The number of urea groups is 1. The Morgan fingerprint density at radius 1 is 0.933 bits per heavy atom. The van der Waals surface area contributed by atoms with Crippen LogP contribution in [0.2, 0.25) is 0 Å². The molecule has 4 aromatic rings. The molecule has 30 heavy (non-hydrogen) atoms. The number of carbonyl (C=O) groups is 1. The number of hydrogen-bond acceptors (Lipinski definition) is 2. The number of fused-ring (bicyclic) bond motifs is 1. The summed E-state index contributed by atoms with van der Waals surface area (Å²) in [6, 6.07) is 10.2. The van der Waals surface area contributed by atoms with Crippen molar-refractivity contribution in [2.45, 2.75) is 6.18 Å². The van der Waals surface area contributed by atoms with E-state index in [1.165, 1.54) is 24.4 Å². The van der Waals surface area contributed by atoms with Crippen LogP contribution in [0, 0.1) is 5.82 Å². The highest BCUT2D eigenvalue weighted by Crippen LogP contribution is 2.31. The van der Waals surface area contributed by atoms with Gasteiger partial charge in [0.15, 0.2) is 0 Å². The van der Waals surface area contributed by atoms with Crippen LogP contribution in [0.5, 0.6) is 0 Å². The lowest BCUT2D eigenvalue weighted by molar-refractivity contribution is -0.137. The second-order valence-corrected chi connectivity index (χ2v) is 6.51. The Labute approximate surface area is 167 Å². The zero-order valence-electron chi connectivity index (χ0n) is 15.2. The predicted octanol–water partition coefficient (Wildman–Crippen LogP) is 6.03. The van der Waals surface area contributed by atoms with E-state index < -0.39 is 23.6 Å². The van der Waals surface area contributed by atoms with Crippen LogP contribution >= 0.6 is 0 Å². The number of halogens is 4. The summed E-state index contributed by atoms with van der Waals surface area (Å²) >= 11 is 0. The van der Waals surface area contributed by atoms with E-state index in [4.69, 9.17) is 0 Å². The number of aromatic amines is 1. The number of nitrogens with zero attached hydrogens (tertiary/aromatic N) is 1. The molecule has 0 unspecified atom stereocenters. The van der Waals surface area contributed by atoms with Crippen molar-refractivity contribution in [2.75, 3.05) is 10.6 Å². The summed E-state index contributed by atoms with van der Waals surface area (Å²) < 4.78 is 51.4. The number of carbonyl (C=O) groups excluding carboxylic acids is 1. The molecule has 3 N–H and O–H groups in total. The number of anilines is 2. The van der Waals surface area contributed by atoms with Crippen LogP contribution in [0.4, 0.5) is 33.7 Å². The number of nitrogens with one attached hydrogen (secondary N) is 3. The summed E-state index contributed by atoms with van der Waals surface area (Å²) in [4.78, 5) is 19.1. The molecule has 0 atom stereocenters. The standard InChI is InChI=1S/C21H14F4N4O/c22-15-7-13(9-26-10-15)12-1-6-18-17(8-12)19(11-27-18)29-20(30)28-16-4-2-14(3-5-16)21(23,24)25/h1-11,27H,(H2,28,29,30). The Morgan fingerprint density at radius 2 is 1.70 bits per heavy atom. The molecule has 0 fully saturated rings. The molecule has 0 saturated heterocycles. The van der Waals surface area contributed by atoms with Crippen LogP contribution in [0.3, 0.4) is 0 Å². The molecular formula is C21H14F4N4O. The zero-order valence-corrected chi connectivity index (χ0v) is 15.2. The van der Waals surface area contributed by atoms with E-state index in [9.17, 15) is 22.4 Å². The van der Waals surface area contributed by atoms with Crippen molar-refractivity contribution in [2.24, 2.45) is 0 Å². The number of rotatable bonds is 3. The molecule has 0 aliphatic carbocycles. The Balaban J connectivity index is 1.53. The minimum Gasteiger partial charge on any atom is -0.359 e. The first-order valence-electron chi connectivity index (χ1n) is 8.77. The molecule has 2 heterocycles. The van der Waals surface area contributed by atoms with Crippen molar-refractivity contribution in [3.8, 4) is 11.1 Å². The van der Waals surface area contributed by atoms with Gasteiger partial charge in [0.2, 0.25) is 0 Å². The monoisotopic (exact) mass is 414 g/mol. The first-order valence-corrected chi connectivity index (χ1v) is 8.77. The summed E-state index contributed by atoms with van der Waals surface area (Å²) in [6.07, 6.45) is -0.220. The van der Waals surface area contributed by atoms with Gasteiger partial charge in [0, 0.05) is 34.5 Å². The molecule has 0 saturated carbocycles. The third-order valence-electron chi connectivity index (χ3n) is 4.44. The van der Waals surface area contributed by atoms with Crippen LogP contribution in [-0.2, 0) is 6.18 Å². The van der Waals surface area contributed by atoms with Gasteiger partial charge in [0.1, 0.15) is 5.82 Å². The van der Waals surface area contributed by atoms with Crippen LogP contribution in [0.1, 0.15) is 5.56 Å². The van der Waals surface area contributed by atoms with E-state index in [0.29, 0.717) is 22.2 Å². The normalized spacial score (nSPS) is 11.5. The van der Waals surface area contributed by atoms with Gasteiger partial charge in [-0.05, 0) is 48.0 Å². The number of benzene rings is 2. The molecule has 2 aromatic heterocycles. The molecule has 2 aromatic carbocycles. The zero-order chi connectivity index (χ0) is 21.3. The van der Waals surface area contributed by atoms with Gasteiger partial charge in [-0.25, -0.2) is 9.18 Å². The number of amides is 2. The topological polar surface area (TPSA) is 69.8 Å². The second-order valence-electron chi connectivity index (χ2n) is 6.51. The predicted molar refractivity (Wildman–Crippen MR) is 106 cm³/mol. The van der Waals surface area contributed by atoms with Crippen molar-refractivity contribution in [3.05, 3.63) is 78.5 Å². The molecule has 9 heteroatoms. The van der Waals surface area contributed by atoms with Crippen molar-refractivity contribution in [1.29, 1.82) is 0 Å². The summed E-state index contributed by atoms with van der Waals surface area (Å²) in [7, 11) is 0. The van der Waals surface area contributed by atoms with Crippen molar-refractivity contribution in [1.82, 2.24) is 9.97 Å². The van der Waals surface area contributed by atoms with E-state index in [-0.39, 0.29) is 5.69 Å². The number of pyridine rings is 1. The lowest BCUT2D eigenvalue weighted by Gasteiger charge is -2.10. The van der Waals surface area contributed by atoms with Gasteiger partial charge in [0.25, 0.3) is 0 Å². The van der Waals surface area contributed by atoms with Gasteiger partial charge in [0.05, 0.1) is 17.4 Å². The van der Waals surface area contributed by atoms with Gasteiger partial charge in [-0.3, -0.25) is 4.98 Å². The lowest BCUT2D eigenvalue weighted by atomic mass is 10.1. The Kier molecular flexibility index (Phi) is 4.86. The fourth-order valence-corrected chi connectivity index (χ4v) is 3.00. The fourth-order valence-electron chi connectivity index (χ4n) is 3.00. The van der Waals surface area contributed by atoms with Gasteiger partial charge >= 0.3 is 12.2 Å². The van der Waals surface area contributed by atoms with E-state index in [2.05, 4.69) is 20.6 Å². The Hall–Kier alpha value is -3.88. The average molecular weight is 414 g/mol. The average Bonchev–Trinajstić information content (AvgIpc) is 3.09. The molecule has 0 spiro atoms. The van der Waals surface area contributed by atoms with Crippen LogP contribution < -0.4 is 10.6 Å². The maximum atomic E-state index is 13.5. The SMILES string of the molecule is O=C(Nc1ccc(C(F)(F)F)cc1)Nc1c[nH]c2ccc(-c3cncc(F)c3)cc12. The van der Waals surface area contributed by atoms with Gasteiger partial charge in [-0.2, -0.15) is 13.2 Å². The lowest BCUT2D eigenvalue weighted by Crippen LogP contribution is -2.19. The minimum atomic E-state index is -4.44. The highest BCUT2D eigenvalue weighted by molar-refractivity contribution is 6.06. The quantitative estimate of drug-likeness (QED) is 0.358. The van der Waals surface area contributed by atoms with Gasteiger partial charge < -0.3 is 15.6 Å². The Bertz CT molecular complexity index is 1220. The first-order chi connectivity index (χ1) is 14.3. The smallest absolute Gasteiger partial charge is 0.359 e. The first kappa shape index (κ1) is 19.4. The summed E-state index contributed by atoms with van der Waals surface area (Å²) in [5.74, 6) is -0.462. The van der Waals surface area contributed by atoms with Crippen LogP contribution in [-0.4, -0.2) is 16.0 Å². The molecule has 4 rings (SSSR count). The highest BCUT2D eigenvalue weighted by atomic mass is 19.4. The summed E-state index contributed by atoms with van der Waals surface area (Å²) in [5.41, 5.74) is 1.91. The maximum Gasteiger partial charge on any atom is 0.416 e. The van der Waals surface area contributed by atoms with Crippen LogP contribution in [0.25, 0.3) is 22.0 Å². The molecular weight excluding hydrogens is 400 g/mol. The van der Waals surface area contributed by atoms with Crippen LogP contribution in [0.15, 0.2) is 67.1 Å². The van der Waals surface area contributed by atoms with E-state index in [1.54, 1.807) is 24.4 Å². The van der Waals surface area contributed by atoms with E-state index in [0.717, 1.165) is 23.8 Å². The second kappa shape index (κ2) is 7.51. The molecule has 0 aliphatic rings. The third-order valence-corrected chi connectivity index (χ3v) is 4.44. The Morgan fingerprint density at radius 3 is 2.40 bits per heavy atom. The minimum absolute atomic E-state index is 0.215. The van der Waals surface area contributed by atoms with Gasteiger partial charge in [-0.15, -0.1) is 0 Å². The highest BCUT2D eigenvalue weighted by Gasteiger charge is 2.30. The number of alkyl halides is 3. The number of H-pyrrole nitrogens is 1. The number of aromatic nitrogens is 2. The maximum absolute atomic E-state index is 13.5. The molecule has 0 aliphatic heterocycles. The molecule has 0 bridgehead atoms. The largest absolute Gasteiger partial charge is 0.416 e. The van der Waals surface area contributed by atoms with E-state index >= 15 is 0 Å². The molecule has 0 radical (unpaired) electrons. The van der Waals surface area contributed by atoms with E-state index in [1.807, 2.05) is 0 Å². The number of hydrogen-bond donors (Lipinski definition) is 3. The summed E-state index contributed by atoms with van der Waals surface area (Å²) in [6.45, 7) is 0. The molecule has 2 amide bonds. The van der Waals surface area contributed by atoms with Gasteiger partial charge in [-0.1, -0.05) is 6.07 Å². The summed E-state index contributed by atoms with van der Waals surface area (Å²) in [5, 5.41) is 5.82. The van der Waals surface area contributed by atoms with Crippen molar-refractivity contribution in [3.63, 3.8) is 0 Å². The fraction of sp³-hybridized carbons (Fsp3) is 0.0476. The molecule has 5 nitrogen and oxygen atoms in total.